The number of rotatable bonds is 5. The number of benzene rings is 1. The zero-order chi connectivity index (χ0) is 19.6. The Balaban J connectivity index is 1.31. The van der Waals surface area contributed by atoms with Crippen LogP contribution in [0.25, 0.3) is 10.9 Å². The van der Waals surface area contributed by atoms with Crippen LogP contribution in [0.2, 0.25) is 0 Å². The van der Waals surface area contributed by atoms with Crippen molar-refractivity contribution in [2.75, 3.05) is 11.9 Å². The third-order valence-corrected chi connectivity index (χ3v) is 6.09. The molecule has 4 aromatic rings. The minimum absolute atomic E-state index is 0.326. The Labute approximate surface area is 172 Å². The molecule has 2 N–H and O–H groups in total. The van der Waals surface area contributed by atoms with Gasteiger partial charge < -0.3 is 10.3 Å². The Hall–Kier alpha value is -3.21. The molecule has 1 aliphatic rings. The minimum atomic E-state index is 0.326. The molecule has 1 saturated heterocycles. The molecule has 0 unspecified atom stereocenters. The van der Waals surface area contributed by atoms with Crippen molar-refractivity contribution < 1.29 is 0 Å². The number of nitrogens with one attached hydrogen (secondary N) is 2. The Morgan fingerprint density at radius 1 is 1.28 bits per heavy atom. The fraction of sp³-hybridized carbons (Fsp3) is 0.227. The van der Waals surface area contributed by atoms with E-state index in [2.05, 4.69) is 62.0 Å². The highest BCUT2D eigenvalue weighted by Gasteiger charge is 2.28. The highest BCUT2D eigenvalue weighted by Crippen LogP contribution is 2.35. The molecule has 0 aliphatic carbocycles. The van der Waals surface area contributed by atoms with Gasteiger partial charge in [0.05, 0.1) is 23.4 Å². The molecule has 3 aromatic heterocycles. The van der Waals surface area contributed by atoms with E-state index in [9.17, 15) is 0 Å². The van der Waals surface area contributed by atoms with Gasteiger partial charge in [0.2, 0.25) is 0 Å². The third kappa shape index (κ3) is 3.73. The topological polar surface area (TPSA) is 80.6 Å². The molecule has 1 aliphatic heterocycles. The number of aromatic nitrogens is 3. The molecule has 7 heteroatoms. The monoisotopic (exact) mass is 400 g/mol. The van der Waals surface area contributed by atoms with Crippen LogP contribution in [0.15, 0.2) is 54.0 Å². The minimum Gasteiger partial charge on any atom is -0.357 e. The van der Waals surface area contributed by atoms with Crippen LogP contribution in [0.4, 0.5) is 10.9 Å². The largest absolute Gasteiger partial charge is 0.357 e. The van der Waals surface area contributed by atoms with E-state index in [1.54, 1.807) is 29.7 Å². The molecule has 0 radical (unpaired) electrons. The maximum Gasteiger partial charge on any atom is 0.188 e. The lowest BCUT2D eigenvalue weighted by Crippen LogP contribution is -2.23. The van der Waals surface area contributed by atoms with Crippen LogP contribution in [0.3, 0.4) is 0 Å². The number of likely N-dealkylation sites (tertiary alicyclic amines) is 1. The van der Waals surface area contributed by atoms with Gasteiger partial charge in [0.25, 0.3) is 0 Å². The summed E-state index contributed by atoms with van der Waals surface area (Å²) in [5.74, 6) is 0.645. The second-order valence-corrected chi connectivity index (χ2v) is 8.11. The molecule has 0 bridgehead atoms. The van der Waals surface area contributed by atoms with Crippen LogP contribution in [-0.4, -0.2) is 26.4 Å². The summed E-state index contributed by atoms with van der Waals surface area (Å²) in [7, 11) is 0. The van der Waals surface area contributed by atoms with E-state index in [1.165, 1.54) is 23.0 Å². The van der Waals surface area contributed by atoms with Crippen LogP contribution in [-0.2, 0) is 6.54 Å². The van der Waals surface area contributed by atoms with Gasteiger partial charge in [-0.15, -0.1) is 11.3 Å². The molecule has 5 rings (SSSR count). The lowest BCUT2D eigenvalue weighted by Gasteiger charge is -2.22. The average molecular weight is 401 g/mol. The lowest BCUT2D eigenvalue weighted by atomic mass is 10.1. The molecule has 1 atom stereocenters. The van der Waals surface area contributed by atoms with Gasteiger partial charge in [0, 0.05) is 29.3 Å². The number of hydrogen-bond donors (Lipinski definition) is 2. The number of nitrogens with zero attached hydrogens (tertiary/aromatic N) is 4. The predicted molar refractivity (Wildman–Crippen MR) is 115 cm³/mol. The summed E-state index contributed by atoms with van der Waals surface area (Å²) in [5, 5.41) is 16.5. The molecule has 144 valence electrons. The quantitative estimate of drug-likeness (QED) is 0.494. The van der Waals surface area contributed by atoms with Crippen LogP contribution in [0.5, 0.6) is 0 Å². The molecule has 1 aromatic carbocycles. The van der Waals surface area contributed by atoms with E-state index >= 15 is 0 Å². The molecule has 29 heavy (non-hydrogen) atoms. The van der Waals surface area contributed by atoms with Crippen LogP contribution < -0.4 is 5.32 Å². The number of thiazole rings is 1. The summed E-state index contributed by atoms with van der Waals surface area (Å²) in [6.07, 6.45) is 3.93. The SMILES string of the molecule is N#Cc1ccnc(Nc2nc([C@H]3CCCN3Cc3cc4ccccc4[nH]3)cs2)c1. The zero-order valence-electron chi connectivity index (χ0n) is 15.8. The predicted octanol–water partition coefficient (Wildman–Crippen LogP) is 4.97. The van der Waals surface area contributed by atoms with Crippen LogP contribution in [0, 0.1) is 11.3 Å². The summed E-state index contributed by atoms with van der Waals surface area (Å²) >= 11 is 1.58. The van der Waals surface area contributed by atoms with Gasteiger partial charge >= 0.3 is 0 Å². The normalized spacial score (nSPS) is 16.9. The second-order valence-electron chi connectivity index (χ2n) is 7.25. The van der Waals surface area contributed by atoms with E-state index in [0.717, 1.165) is 30.3 Å². The van der Waals surface area contributed by atoms with Gasteiger partial charge in [-0.1, -0.05) is 18.2 Å². The zero-order valence-corrected chi connectivity index (χ0v) is 16.6. The van der Waals surface area contributed by atoms with Gasteiger partial charge in [0.15, 0.2) is 5.13 Å². The third-order valence-electron chi connectivity index (χ3n) is 5.31. The molecule has 0 spiro atoms. The highest BCUT2D eigenvalue weighted by atomic mass is 32.1. The van der Waals surface area contributed by atoms with Gasteiger partial charge in [-0.05, 0) is 49.0 Å². The van der Waals surface area contributed by atoms with Gasteiger partial charge in [-0.25, -0.2) is 9.97 Å². The fourth-order valence-corrected chi connectivity index (χ4v) is 4.73. The first-order valence-corrected chi connectivity index (χ1v) is 10.6. The van der Waals surface area contributed by atoms with Crippen molar-refractivity contribution in [3.05, 3.63) is 71.0 Å². The number of H-pyrrole nitrogens is 1. The smallest absolute Gasteiger partial charge is 0.188 e. The maximum atomic E-state index is 9.05. The van der Waals surface area contributed by atoms with Crippen molar-refractivity contribution in [1.82, 2.24) is 19.9 Å². The Morgan fingerprint density at radius 3 is 3.10 bits per heavy atom. The van der Waals surface area contributed by atoms with Gasteiger partial charge in [-0.2, -0.15) is 5.26 Å². The summed E-state index contributed by atoms with van der Waals surface area (Å²) in [5.41, 5.74) is 4.11. The molecule has 6 nitrogen and oxygen atoms in total. The van der Waals surface area contributed by atoms with Crippen molar-refractivity contribution in [2.24, 2.45) is 0 Å². The first kappa shape index (κ1) is 17.9. The lowest BCUT2D eigenvalue weighted by molar-refractivity contribution is 0.243. The first-order chi connectivity index (χ1) is 14.3. The molecule has 4 heterocycles. The standard InChI is InChI=1S/C22H20N6S/c23-12-15-7-8-24-21(10-15)27-22-26-19(14-29-22)20-6-3-9-28(20)13-17-11-16-4-1-2-5-18(16)25-17/h1-2,4-5,7-8,10-11,14,20,25H,3,6,9,13H2,(H,24,26,27)/t20-/m1/s1. The van der Waals surface area contributed by atoms with Crippen molar-refractivity contribution in [2.45, 2.75) is 25.4 Å². The van der Waals surface area contributed by atoms with Crippen molar-refractivity contribution in [1.29, 1.82) is 5.26 Å². The van der Waals surface area contributed by atoms with Crippen molar-refractivity contribution in [3.8, 4) is 6.07 Å². The number of anilines is 2. The molecule has 0 amide bonds. The number of pyridine rings is 1. The summed E-state index contributed by atoms with van der Waals surface area (Å²) < 4.78 is 0. The summed E-state index contributed by atoms with van der Waals surface area (Å²) in [4.78, 5) is 15.1. The molecular weight excluding hydrogens is 380 g/mol. The molecular formula is C22H20N6S. The molecule has 1 fully saturated rings. The van der Waals surface area contributed by atoms with E-state index in [0.29, 0.717) is 17.4 Å². The maximum absolute atomic E-state index is 9.05. The average Bonchev–Trinajstić information content (AvgIpc) is 3.47. The second kappa shape index (κ2) is 7.66. The van der Waals surface area contributed by atoms with Crippen LogP contribution >= 0.6 is 11.3 Å². The van der Waals surface area contributed by atoms with E-state index in [-0.39, 0.29) is 0 Å². The van der Waals surface area contributed by atoms with E-state index in [4.69, 9.17) is 10.2 Å². The summed E-state index contributed by atoms with van der Waals surface area (Å²) in [6, 6.07) is 16.5. The Morgan fingerprint density at radius 2 is 2.21 bits per heavy atom. The first-order valence-electron chi connectivity index (χ1n) is 9.68. The van der Waals surface area contributed by atoms with Crippen molar-refractivity contribution in [3.63, 3.8) is 0 Å². The van der Waals surface area contributed by atoms with E-state index < -0.39 is 0 Å². The van der Waals surface area contributed by atoms with E-state index in [1.807, 2.05) is 0 Å². The Kier molecular flexibility index (Phi) is 4.72. The van der Waals surface area contributed by atoms with Crippen molar-refractivity contribution >= 4 is 33.2 Å². The number of fused-ring (bicyclic) bond motifs is 1. The highest BCUT2D eigenvalue weighted by molar-refractivity contribution is 7.13. The van der Waals surface area contributed by atoms with Gasteiger partial charge in [0.1, 0.15) is 5.82 Å². The Bertz CT molecular complexity index is 1150. The number of nitriles is 1. The fourth-order valence-electron chi connectivity index (χ4n) is 3.96. The van der Waals surface area contributed by atoms with Crippen LogP contribution in [0.1, 0.15) is 35.8 Å². The number of hydrogen-bond acceptors (Lipinski definition) is 6. The van der Waals surface area contributed by atoms with Gasteiger partial charge in [-0.3, -0.25) is 4.90 Å². The number of para-hydroxylation sites is 1. The number of aromatic amines is 1. The summed E-state index contributed by atoms with van der Waals surface area (Å²) in [6.45, 7) is 1.97. The molecule has 0 saturated carbocycles.